The monoisotopic (exact) mass is 510 g/mol. The minimum atomic E-state index is -0.586. The van der Waals surface area contributed by atoms with Crippen LogP contribution in [0.2, 0.25) is 0 Å². The van der Waals surface area contributed by atoms with Crippen LogP contribution in [0.3, 0.4) is 0 Å². The quantitative estimate of drug-likeness (QED) is 0.604. The SMILES string of the molecule is CCOC(=O)N1CCC(OC2CC3(C2)CN(c2ccc4c(c2)CN(C2CCC(=O)NC2=O)C4=O)C3)CC1. The molecule has 1 N–H and O–H groups in total. The molecular weight excluding hydrogens is 476 g/mol. The fourth-order valence-electron chi connectivity index (χ4n) is 6.63. The summed E-state index contributed by atoms with van der Waals surface area (Å²) in [6.45, 7) is 5.98. The van der Waals surface area contributed by atoms with Crippen molar-refractivity contribution in [1.82, 2.24) is 15.1 Å². The van der Waals surface area contributed by atoms with E-state index in [2.05, 4.69) is 16.3 Å². The Morgan fingerprint density at radius 1 is 1.08 bits per heavy atom. The molecule has 5 aliphatic rings. The van der Waals surface area contributed by atoms with Crippen molar-refractivity contribution >= 4 is 29.5 Å². The molecule has 3 saturated heterocycles. The Hall–Kier alpha value is -3.14. The summed E-state index contributed by atoms with van der Waals surface area (Å²) in [4.78, 5) is 54.3. The summed E-state index contributed by atoms with van der Waals surface area (Å²) in [6, 6.07) is 5.37. The van der Waals surface area contributed by atoms with Crippen molar-refractivity contribution < 1.29 is 28.7 Å². The number of carbonyl (C=O) groups excluding carboxylic acids is 4. The molecule has 198 valence electrons. The Morgan fingerprint density at radius 2 is 1.84 bits per heavy atom. The topological polar surface area (TPSA) is 108 Å². The van der Waals surface area contributed by atoms with Crippen molar-refractivity contribution in [1.29, 1.82) is 0 Å². The third-order valence-corrected chi connectivity index (χ3v) is 8.60. The van der Waals surface area contributed by atoms with Gasteiger partial charge >= 0.3 is 6.09 Å². The molecule has 37 heavy (non-hydrogen) atoms. The van der Waals surface area contributed by atoms with Crippen LogP contribution in [0, 0.1) is 5.41 Å². The van der Waals surface area contributed by atoms with Crippen molar-refractivity contribution in [2.24, 2.45) is 5.41 Å². The summed E-state index contributed by atoms with van der Waals surface area (Å²) in [5.41, 5.74) is 3.01. The molecule has 1 spiro atoms. The predicted octanol–water partition coefficient (Wildman–Crippen LogP) is 2.05. The van der Waals surface area contributed by atoms with Gasteiger partial charge in [0.1, 0.15) is 6.04 Å². The van der Waals surface area contributed by atoms with Crippen LogP contribution >= 0.6 is 0 Å². The van der Waals surface area contributed by atoms with Crippen LogP contribution in [0.4, 0.5) is 10.5 Å². The lowest BCUT2D eigenvalue weighted by Gasteiger charge is -2.60. The highest BCUT2D eigenvalue weighted by molar-refractivity contribution is 6.05. The number of imide groups is 1. The highest BCUT2D eigenvalue weighted by Gasteiger charge is 2.53. The largest absolute Gasteiger partial charge is 0.450 e. The van der Waals surface area contributed by atoms with Crippen LogP contribution in [-0.4, -0.2) is 84.7 Å². The van der Waals surface area contributed by atoms with Gasteiger partial charge in [-0.2, -0.15) is 0 Å². The van der Waals surface area contributed by atoms with Gasteiger partial charge in [0.15, 0.2) is 0 Å². The first kappa shape index (κ1) is 24.2. The number of benzene rings is 1. The van der Waals surface area contributed by atoms with Crippen molar-refractivity contribution in [2.45, 2.75) is 70.2 Å². The zero-order valence-corrected chi connectivity index (χ0v) is 21.2. The van der Waals surface area contributed by atoms with Gasteiger partial charge in [-0.1, -0.05) is 0 Å². The van der Waals surface area contributed by atoms with Crippen LogP contribution < -0.4 is 10.2 Å². The molecule has 1 aromatic carbocycles. The predicted molar refractivity (Wildman–Crippen MR) is 133 cm³/mol. The van der Waals surface area contributed by atoms with Crippen molar-refractivity contribution in [3.63, 3.8) is 0 Å². The van der Waals surface area contributed by atoms with Crippen LogP contribution in [0.1, 0.15) is 61.4 Å². The lowest BCUT2D eigenvalue weighted by atomic mass is 9.61. The van der Waals surface area contributed by atoms with Gasteiger partial charge in [0, 0.05) is 55.8 Å². The third kappa shape index (κ3) is 4.45. The summed E-state index contributed by atoms with van der Waals surface area (Å²) in [5.74, 6) is -0.792. The molecule has 1 unspecified atom stereocenters. The van der Waals surface area contributed by atoms with Gasteiger partial charge in [-0.25, -0.2) is 4.79 Å². The fourth-order valence-corrected chi connectivity index (χ4v) is 6.63. The molecule has 10 heteroatoms. The molecule has 6 rings (SSSR count). The molecule has 4 fully saturated rings. The third-order valence-electron chi connectivity index (χ3n) is 8.60. The standard InChI is InChI=1S/C27H34N4O6/c1-2-36-26(35)29-9-7-19(8-10-29)37-20-12-27(13-20)15-30(16-27)18-3-4-21-17(11-18)14-31(25(21)34)22-5-6-23(32)28-24(22)33/h3-4,11,19-20,22H,2,5-10,12-16H2,1H3,(H,28,32,33). The maximum Gasteiger partial charge on any atom is 0.409 e. The summed E-state index contributed by atoms with van der Waals surface area (Å²) in [5, 5.41) is 2.35. The van der Waals surface area contributed by atoms with Crippen LogP contribution in [0.25, 0.3) is 0 Å². The zero-order chi connectivity index (χ0) is 25.7. The first-order valence-corrected chi connectivity index (χ1v) is 13.4. The Bertz CT molecular complexity index is 1120. The molecule has 1 aromatic rings. The Morgan fingerprint density at radius 3 is 2.54 bits per heavy atom. The van der Waals surface area contributed by atoms with Gasteiger partial charge in [-0.3, -0.25) is 19.7 Å². The minimum Gasteiger partial charge on any atom is -0.450 e. The van der Waals surface area contributed by atoms with Gasteiger partial charge in [0.2, 0.25) is 11.8 Å². The second-order valence-electron chi connectivity index (χ2n) is 11.1. The number of hydrogen-bond acceptors (Lipinski definition) is 7. The van der Waals surface area contributed by atoms with E-state index in [9.17, 15) is 19.2 Å². The average molecular weight is 511 g/mol. The summed E-state index contributed by atoms with van der Waals surface area (Å²) >= 11 is 0. The van der Waals surface area contributed by atoms with Crippen molar-refractivity contribution in [3.05, 3.63) is 29.3 Å². The van der Waals surface area contributed by atoms with E-state index in [0.29, 0.717) is 49.7 Å². The first-order valence-electron chi connectivity index (χ1n) is 13.4. The molecule has 1 aliphatic carbocycles. The lowest BCUT2D eigenvalue weighted by molar-refractivity contribution is -0.137. The van der Waals surface area contributed by atoms with E-state index in [1.165, 1.54) is 0 Å². The number of hydrogen-bond donors (Lipinski definition) is 1. The Balaban J connectivity index is 0.979. The number of nitrogens with zero attached hydrogens (tertiary/aromatic N) is 3. The number of nitrogens with one attached hydrogen (secondary N) is 1. The molecule has 1 atom stereocenters. The van der Waals surface area contributed by atoms with Gasteiger partial charge in [0.25, 0.3) is 5.91 Å². The highest BCUT2D eigenvalue weighted by atomic mass is 16.6. The molecule has 1 saturated carbocycles. The average Bonchev–Trinajstić information content (AvgIpc) is 3.15. The van der Waals surface area contributed by atoms with E-state index in [0.717, 1.165) is 50.0 Å². The van der Waals surface area contributed by atoms with Crippen LogP contribution in [0.15, 0.2) is 18.2 Å². The smallest absolute Gasteiger partial charge is 0.409 e. The Labute approximate surface area is 216 Å². The van der Waals surface area contributed by atoms with E-state index in [-0.39, 0.29) is 36.3 Å². The molecule has 4 aliphatic heterocycles. The normalized spacial score (nSPS) is 25.6. The van der Waals surface area contributed by atoms with Crippen molar-refractivity contribution in [3.8, 4) is 0 Å². The minimum absolute atomic E-state index is 0.136. The highest BCUT2D eigenvalue weighted by Crippen LogP contribution is 2.51. The number of rotatable bonds is 5. The van der Waals surface area contributed by atoms with Gasteiger partial charge in [0.05, 0.1) is 18.8 Å². The molecular formula is C27H34N4O6. The van der Waals surface area contributed by atoms with Crippen molar-refractivity contribution in [2.75, 3.05) is 37.7 Å². The van der Waals surface area contributed by atoms with Gasteiger partial charge in [-0.05, 0) is 62.8 Å². The number of likely N-dealkylation sites (tertiary alicyclic amines) is 1. The van der Waals surface area contributed by atoms with Gasteiger partial charge < -0.3 is 24.2 Å². The summed E-state index contributed by atoms with van der Waals surface area (Å²) in [7, 11) is 0. The van der Waals surface area contributed by atoms with E-state index in [1.807, 2.05) is 19.1 Å². The number of anilines is 1. The second-order valence-corrected chi connectivity index (χ2v) is 11.1. The summed E-state index contributed by atoms with van der Waals surface area (Å²) < 4.78 is 11.4. The fraction of sp³-hybridized carbons (Fsp3) is 0.630. The number of ether oxygens (including phenoxy) is 2. The molecule has 4 heterocycles. The lowest BCUT2D eigenvalue weighted by Crippen LogP contribution is -2.64. The number of fused-ring (bicyclic) bond motifs is 1. The summed E-state index contributed by atoms with van der Waals surface area (Å²) in [6.07, 6.45) is 4.76. The first-order chi connectivity index (χ1) is 17.8. The number of piperidine rings is 2. The van der Waals surface area contributed by atoms with Gasteiger partial charge in [-0.15, -0.1) is 0 Å². The number of amides is 4. The molecule has 0 radical (unpaired) electrons. The molecule has 0 bridgehead atoms. The van der Waals surface area contributed by atoms with E-state index in [4.69, 9.17) is 9.47 Å². The zero-order valence-electron chi connectivity index (χ0n) is 21.2. The maximum absolute atomic E-state index is 12.9. The van der Waals surface area contributed by atoms with E-state index in [1.54, 1.807) is 9.80 Å². The maximum atomic E-state index is 12.9. The Kier molecular flexibility index (Phi) is 6.09. The van der Waals surface area contributed by atoms with E-state index >= 15 is 0 Å². The van der Waals surface area contributed by atoms with Crippen LogP contribution in [0.5, 0.6) is 0 Å². The molecule has 0 aromatic heterocycles. The second kappa shape index (κ2) is 9.31. The van der Waals surface area contributed by atoms with E-state index < -0.39 is 6.04 Å². The van der Waals surface area contributed by atoms with Crippen LogP contribution in [-0.2, 0) is 25.6 Å². The number of carbonyl (C=O) groups is 4. The molecule has 4 amide bonds. The molecule has 10 nitrogen and oxygen atoms in total.